The minimum atomic E-state index is -0.583. The molecule has 0 aliphatic heterocycles. The van der Waals surface area contributed by atoms with Crippen LogP contribution in [-0.2, 0) is 22.6 Å². The van der Waals surface area contributed by atoms with Crippen molar-refractivity contribution in [2.24, 2.45) is 0 Å². The molecule has 32 heavy (non-hydrogen) atoms. The summed E-state index contributed by atoms with van der Waals surface area (Å²) in [6, 6.07) is 27.2. The zero-order valence-electron chi connectivity index (χ0n) is 18.0. The van der Waals surface area contributed by atoms with Gasteiger partial charge in [0.25, 0.3) is 0 Å². The van der Waals surface area contributed by atoms with E-state index in [-0.39, 0.29) is 11.8 Å². The van der Waals surface area contributed by atoms with E-state index in [9.17, 15) is 9.59 Å². The van der Waals surface area contributed by atoms with E-state index in [2.05, 4.69) is 21.2 Å². The van der Waals surface area contributed by atoms with Gasteiger partial charge in [-0.2, -0.15) is 0 Å². The topological polar surface area (TPSA) is 49.4 Å². The largest absolute Gasteiger partial charge is 0.357 e. The molecule has 0 bridgehead atoms. The predicted octanol–water partition coefficient (Wildman–Crippen LogP) is 5.32. The summed E-state index contributed by atoms with van der Waals surface area (Å²) >= 11 is 5.11. The van der Waals surface area contributed by atoms with Gasteiger partial charge in [-0.15, -0.1) is 11.8 Å². The zero-order chi connectivity index (χ0) is 22.8. The molecule has 1 atom stereocenters. The molecule has 3 rings (SSSR count). The van der Waals surface area contributed by atoms with Crippen molar-refractivity contribution in [1.82, 2.24) is 10.2 Å². The average molecular weight is 511 g/mol. The third-order valence-corrected chi connectivity index (χ3v) is 6.65. The molecule has 2 amide bonds. The number of nitrogens with zero attached hydrogens (tertiary/aromatic N) is 1. The molecule has 3 aromatic rings. The molecule has 3 aromatic carbocycles. The third-order valence-electron chi connectivity index (χ3n) is 5.11. The summed E-state index contributed by atoms with van der Waals surface area (Å²) in [7, 11) is 1.62. The smallest absolute Gasteiger partial charge is 0.242 e. The lowest BCUT2D eigenvalue weighted by atomic mass is 10.0. The molecule has 0 aromatic heterocycles. The van der Waals surface area contributed by atoms with Crippen LogP contribution in [0.1, 0.15) is 17.5 Å². The first-order valence-electron chi connectivity index (χ1n) is 10.5. The van der Waals surface area contributed by atoms with Gasteiger partial charge in [0.1, 0.15) is 6.04 Å². The monoisotopic (exact) mass is 510 g/mol. The second kappa shape index (κ2) is 12.5. The molecule has 0 aliphatic rings. The second-order valence-electron chi connectivity index (χ2n) is 7.38. The Bertz CT molecular complexity index is 997. The second-order valence-corrected chi connectivity index (χ2v) is 9.46. The van der Waals surface area contributed by atoms with Crippen LogP contribution in [0.5, 0.6) is 0 Å². The first kappa shape index (κ1) is 24.1. The van der Waals surface area contributed by atoms with E-state index < -0.39 is 6.04 Å². The molecule has 1 N–H and O–H groups in total. The third kappa shape index (κ3) is 7.24. The molecular formula is C26H27BrN2O2S. The SMILES string of the molecule is CNC(=O)C(Cc1ccccc1)N(Cc1ccc(Br)cc1)C(=O)CCSc1ccccc1. The maximum atomic E-state index is 13.4. The average Bonchev–Trinajstić information content (AvgIpc) is 2.83. The molecule has 4 nitrogen and oxygen atoms in total. The first-order valence-corrected chi connectivity index (χ1v) is 12.3. The molecule has 0 aliphatic carbocycles. The minimum absolute atomic E-state index is 0.0270. The van der Waals surface area contributed by atoms with Gasteiger partial charge >= 0.3 is 0 Å². The van der Waals surface area contributed by atoms with Gasteiger partial charge in [-0.25, -0.2) is 0 Å². The molecule has 6 heteroatoms. The molecule has 0 spiro atoms. The van der Waals surface area contributed by atoms with Crippen LogP contribution in [0.25, 0.3) is 0 Å². The molecule has 0 saturated heterocycles. The number of carbonyl (C=O) groups is 2. The molecule has 0 saturated carbocycles. The van der Waals surface area contributed by atoms with Gasteiger partial charge < -0.3 is 10.2 Å². The highest BCUT2D eigenvalue weighted by Gasteiger charge is 2.29. The lowest BCUT2D eigenvalue weighted by molar-refractivity contribution is -0.140. The number of hydrogen-bond donors (Lipinski definition) is 1. The van der Waals surface area contributed by atoms with Gasteiger partial charge in [-0.1, -0.05) is 76.6 Å². The molecule has 0 radical (unpaired) electrons. The van der Waals surface area contributed by atoms with E-state index >= 15 is 0 Å². The Morgan fingerprint density at radius 3 is 2.16 bits per heavy atom. The van der Waals surface area contributed by atoms with E-state index in [1.165, 1.54) is 0 Å². The first-order chi connectivity index (χ1) is 15.6. The Labute approximate surface area is 202 Å². The number of rotatable bonds is 10. The van der Waals surface area contributed by atoms with Crippen molar-refractivity contribution in [1.29, 1.82) is 0 Å². The number of likely N-dealkylation sites (N-methyl/N-ethyl adjacent to an activating group) is 1. The van der Waals surface area contributed by atoms with Crippen LogP contribution in [0.15, 0.2) is 94.3 Å². The molecular weight excluding hydrogens is 484 g/mol. The fourth-order valence-corrected chi connectivity index (χ4v) is 4.55. The van der Waals surface area contributed by atoms with Crippen LogP contribution in [0.4, 0.5) is 0 Å². The molecule has 1 unspecified atom stereocenters. The van der Waals surface area contributed by atoms with Gasteiger partial charge in [0.15, 0.2) is 0 Å². The fraction of sp³-hybridized carbons (Fsp3) is 0.231. The highest BCUT2D eigenvalue weighted by molar-refractivity contribution is 9.10. The Morgan fingerprint density at radius 2 is 1.53 bits per heavy atom. The summed E-state index contributed by atoms with van der Waals surface area (Å²) in [5.41, 5.74) is 2.01. The zero-order valence-corrected chi connectivity index (χ0v) is 20.4. The Morgan fingerprint density at radius 1 is 0.906 bits per heavy atom. The van der Waals surface area contributed by atoms with Crippen LogP contribution in [0.2, 0.25) is 0 Å². The summed E-state index contributed by atoms with van der Waals surface area (Å²) in [6.45, 7) is 0.382. The standard InChI is InChI=1S/C26H27BrN2O2S/c1-28-26(31)24(18-20-8-4-2-5-9-20)29(19-21-12-14-22(27)15-13-21)25(30)16-17-32-23-10-6-3-7-11-23/h2-15,24H,16-19H2,1H3,(H,28,31). The van der Waals surface area contributed by atoms with Crippen molar-refractivity contribution in [3.05, 3.63) is 101 Å². The van der Waals surface area contributed by atoms with Gasteiger partial charge in [-0.05, 0) is 35.4 Å². The van der Waals surface area contributed by atoms with Crippen LogP contribution < -0.4 is 5.32 Å². The molecule has 0 heterocycles. The predicted molar refractivity (Wildman–Crippen MR) is 134 cm³/mol. The van der Waals surface area contributed by atoms with E-state index in [1.807, 2.05) is 84.9 Å². The lowest BCUT2D eigenvalue weighted by Crippen LogP contribution is -2.49. The van der Waals surface area contributed by atoms with E-state index in [1.54, 1.807) is 23.7 Å². The van der Waals surface area contributed by atoms with Gasteiger partial charge in [0, 0.05) is 41.6 Å². The number of benzene rings is 3. The van der Waals surface area contributed by atoms with Gasteiger partial charge in [0.05, 0.1) is 0 Å². The summed E-state index contributed by atoms with van der Waals surface area (Å²) in [6.07, 6.45) is 0.826. The van der Waals surface area contributed by atoms with Crippen molar-refractivity contribution in [3.63, 3.8) is 0 Å². The maximum Gasteiger partial charge on any atom is 0.242 e. The Kier molecular flexibility index (Phi) is 9.38. The Balaban J connectivity index is 1.80. The van der Waals surface area contributed by atoms with Crippen LogP contribution in [0.3, 0.4) is 0 Å². The van der Waals surface area contributed by atoms with Crippen molar-refractivity contribution in [2.75, 3.05) is 12.8 Å². The quantitative estimate of drug-likeness (QED) is 0.375. The van der Waals surface area contributed by atoms with Gasteiger partial charge in [0.2, 0.25) is 11.8 Å². The van der Waals surface area contributed by atoms with Crippen molar-refractivity contribution in [3.8, 4) is 0 Å². The summed E-state index contributed by atoms with van der Waals surface area (Å²) < 4.78 is 0.977. The number of carbonyl (C=O) groups excluding carboxylic acids is 2. The van der Waals surface area contributed by atoms with Crippen molar-refractivity contribution in [2.45, 2.75) is 30.3 Å². The summed E-state index contributed by atoms with van der Waals surface area (Å²) in [5.74, 6) is 0.474. The minimum Gasteiger partial charge on any atom is -0.357 e. The maximum absolute atomic E-state index is 13.4. The van der Waals surface area contributed by atoms with Crippen LogP contribution in [-0.4, -0.2) is 35.6 Å². The lowest BCUT2D eigenvalue weighted by Gasteiger charge is -2.31. The highest BCUT2D eigenvalue weighted by Crippen LogP contribution is 2.21. The fourth-order valence-electron chi connectivity index (χ4n) is 3.42. The van der Waals surface area contributed by atoms with E-state index in [0.717, 1.165) is 20.5 Å². The highest BCUT2D eigenvalue weighted by atomic mass is 79.9. The van der Waals surface area contributed by atoms with Crippen molar-refractivity contribution < 1.29 is 9.59 Å². The normalized spacial score (nSPS) is 11.6. The van der Waals surface area contributed by atoms with Gasteiger partial charge in [-0.3, -0.25) is 9.59 Å². The number of halogens is 1. The van der Waals surface area contributed by atoms with Crippen LogP contribution in [0, 0.1) is 0 Å². The number of hydrogen-bond acceptors (Lipinski definition) is 3. The molecule has 0 fully saturated rings. The number of nitrogens with one attached hydrogen (secondary N) is 1. The van der Waals surface area contributed by atoms with Crippen molar-refractivity contribution >= 4 is 39.5 Å². The van der Waals surface area contributed by atoms with E-state index in [0.29, 0.717) is 25.1 Å². The summed E-state index contributed by atoms with van der Waals surface area (Å²) in [4.78, 5) is 29.1. The summed E-state index contributed by atoms with van der Waals surface area (Å²) in [5, 5.41) is 2.75. The number of thioether (sulfide) groups is 1. The number of amides is 2. The Hall–Kier alpha value is -2.57. The van der Waals surface area contributed by atoms with E-state index in [4.69, 9.17) is 0 Å². The van der Waals surface area contributed by atoms with Crippen LogP contribution >= 0.6 is 27.7 Å². The molecule has 166 valence electrons.